The van der Waals surface area contributed by atoms with E-state index in [-0.39, 0.29) is 5.69 Å². The predicted molar refractivity (Wildman–Crippen MR) is 115 cm³/mol. The second-order valence-corrected chi connectivity index (χ2v) is 7.54. The highest BCUT2D eigenvalue weighted by molar-refractivity contribution is 6.05. The first-order valence-electron chi connectivity index (χ1n) is 9.79. The predicted octanol–water partition coefficient (Wildman–Crippen LogP) is 2.28. The second kappa shape index (κ2) is 6.38. The van der Waals surface area contributed by atoms with Gasteiger partial charge in [-0.25, -0.2) is 4.79 Å². The number of rotatable bonds is 3. The molecule has 0 amide bonds. The molecule has 4 heterocycles. The van der Waals surface area contributed by atoms with Gasteiger partial charge in [0.2, 0.25) is 0 Å². The molecule has 5 rings (SSSR count). The molecule has 4 aromatic heterocycles. The summed E-state index contributed by atoms with van der Waals surface area (Å²) in [6.07, 6.45) is 6.23. The van der Waals surface area contributed by atoms with Gasteiger partial charge in [-0.2, -0.15) is 20.1 Å². The van der Waals surface area contributed by atoms with E-state index in [4.69, 9.17) is 0 Å². The minimum atomic E-state index is -0.129. The summed E-state index contributed by atoms with van der Waals surface area (Å²) in [4.78, 5) is 19.4. The lowest BCUT2D eigenvalue weighted by molar-refractivity contribution is 0.655. The van der Waals surface area contributed by atoms with Gasteiger partial charge in [0.1, 0.15) is 5.69 Å². The molecule has 0 aliphatic carbocycles. The normalized spacial score (nSPS) is 11.8. The van der Waals surface area contributed by atoms with Crippen LogP contribution in [-0.4, -0.2) is 38.9 Å². The van der Waals surface area contributed by atoms with E-state index >= 15 is 0 Å². The largest absolute Gasteiger partial charge is 0.333 e. The Morgan fingerprint density at radius 1 is 1.07 bits per heavy atom. The van der Waals surface area contributed by atoms with E-state index < -0.39 is 0 Å². The van der Waals surface area contributed by atoms with Crippen molar-refractivity contribution in [2.45, 2.75) is 20.3 Å². The molecule has 0 atom stereocenters. The second-order valence-electron chi connectivity index (χ2n) is 7.54. The summed E-state index contributed by atoms with van der Waals surface area (Å²) >= 11 is 0. The van der Waals surface area contributed by atoms with Crippen molar-refractivity contribution in [3.05, 3.63) is 52.5 Å². The van der Waals surface area contributed by atoms with E-state index in [1.165, 1.54) is 0 Å². The lowest BCUT2D eigenvalue weighted by Gasteiger charge is -2.10. The fourth-order valence-electron chi connectivity index (χ4n) is 4.12. The van der Waals surface area contributed by atoms with Crippen molar-refractivity contribution < 1.29 is 0 Å². The quantitative estimate of drug-likeness (QED) is 0.462. The van der Waals surface area contributed by atoms with Crippen molar-refractivity contribution in [2.24, 2.45) is 21.1 Å². The van der Waals surface area contributed by atoms with Crippen LogP contribution < -0.4 is 5.69 Å². The molecule has 0 fully saturated rings. The molecule has 0 N–H and O–H groups in total. The first kappa shape index (κ1) is 18.3. The van der Waals surface area contributed by atoms with Crippen LogP contribution in [0.4, 0.5) is 0 Å². The van der Waals surface area contributed by atoms with Crippen LogP contribution in [-0.2, 0) is 27.6 Å². The fourth-order valence-corrected chi connectivity index (χ4v) is 4.12. The van der Waals surface area contributed by atoms with Gasteiger partial charge >= 0.3 is 5.69 Å². The number of aromatic nitrogens is 8. The van der Waals surface area contributed by atoms with Gasteiger partial charge in [0.15, 0.2) is 0 Å². The van der Waals surface area contributed by atoms with Crippen molar-refractivity contribution in [1.82, 2.24) is 38.9 Å². The zero-order chi connectivity index (χ0) is 21.2. The van der Waals surface area contributed by atoms with Crippen LogP contribution in [0.5, 0.6) is 0 Å². The van der Waals surface area contributed by atoms with Gasteiger partial charge < -0.3 is 0 Å². The maximum absolute atomic E-state index is 13.2. The van der Waals surface area contributed by atoms with Gasteiger partial charge in [-0.1, -0.05) is 6.92 Å². The molecular weight excluding hydrogens is 380 g/mol. The number of hydrogen-bond donors (Lipinski definition) is 0. The van der Waals surface area contributed by atoms with Crippen molar-refractivity contribution in [3.8, 4) is 16.9 Å². The van der Waals surface area contributed by atoms with Crippen LogP contribution in [0.25, 0.3) is 38.9 Å². The Morgan fingerprint density at radius 2 is 1.87 bits per heavy atom. The highest BCUT2D eigenvalue weighted by Crippen LogP contribution is 2.32. The fraction of sp³-hybridized carbons (Fsp3) is 0.286. The summed E-state index contributed by atoms with van der Waals surface area (Å²) in [5.74, 6) is 0. The van der Waals surface area contributed by atoms with Gasteiger partial charge in [-0.05, 0) is 31.0 Å². The van der Waals surface area contributed by atoms with Gasteiger partial charge in [-0.3, -0.25) is 18.8 Å². The van der Waals surface area contributed by atoms with E-state index in [0.29, 0.717) is 0 Å². The Kier molecular flexibility index (Phi) is 3.89. The summed E-state index contributed by atoms with van der Waals surface area (Å²) in [7, 11) is 5.42. The van der Waals surface area contributed by atoms with Gasteiger partial charge in [0, 0.05) is 38.3 Å². The molecule has 152 valence electrons. The number of aryl methyl sites for hydroxylation is 5. The lowest BCUT2D eigenvalue weighted by atomic mass is 9.99. The third-order valence-electron chi connectivity index (χ3n) is 5.59. The van der Waals surface area contributed by atoms with Crippen molar-refractivity contribution in [2.75, 3.05) is 0 Å². The molecule has 9 heteroatoms. The van der Waals surface area contributed by atoms with Crippen LogP contribution >= 0.6 is 0 Å². The number of hydrogen-bond acceptors (Lipinski definition) is 5. The molecule has 0 spiro atoms. The maximum atomic E-state index is 13.2. The van der Waals surface area contributed by atoms with Crippen LogP contribution in [0.15, 0.2) is 35.5 Å². The van der Waals surface area contributed by atoms with Crippen LogP contribution in [0.2, 0.25) is 0 Å². The summed E-state index contributed by atoms with van der Waals surface area (Å²) in [5.41, 5.74) is 6.79. The van der Waals surface area contributed by atoms with Gasteiger partial charge in [0.05, 0.1) is 40.3 Å². The maximum Gasteiger partial charge on any atom is 0.333 e. The van der Waals surface area contributed by atoms with Gasteiger partial charge in [0.25, 0.3) is 0 Å². The molecule has 1 aromatic carbocycles. The van der Waals surface area contributed by atoms with Gasteiger partial charge in [-0.15, -0.1) is 0 Å². The van der Waals surface area contributed by atoms with E-state index in [2.05, 4.69) is 39.3 Å². The van der Waals surface area contributed by atoms with Crippen molar-refractivity contribution >= 4 is 21.9 Å². The molecule has 0 saturated heterocycles. The average Bonchev–Trinajstić information content (AvgIpc) is 3.37. The van der Waals surface area contributed by atoms with E-state index in [0.717, 1.165) is 56.6 Å². The molecule has 0 aliphatic rings. The molecule has 0 aliphatic heterocycles. The van der Waals surface area contributed by atoms with E-state index in [1.807, 2.05) is 20.2 Å². The first-order valence-corrected chi connectivity index (χ1v) is 9.79. The number of imidazole rings is 1. The smallest absolute Gasteiger partial charge is 0.293 e. The Hall–Kier alpha value is -3.75. The Morgan fingerprint density at radius 3 is 2.50 bits per heavy atom. The minimum Gasteiger partial charge on any atom is -0.293 e. The molecule has 0 unspecified atom stereocenters. The highest BCUT2D eigenvalue weighted by Gasteiger charge is 2.20. The molecule has 0 radical (unpaired) electrons. The van der Waals surface area contributed by atoms with Crippen LogP contribution in [0.3, 0.4) is 0 Å². The summed E-state index contributed by atoms with van der Waals surface area (Å²) in [5, 5.41) is 14.0. The van der Waals surface area contributed by atoms with Crippen LogP contribution in [0.1, 0.15) is 18.2 Å². The zero-order valence-corrected chi connectivity index (χ0v) is 17.6. The summed E-state index contributed by atoms with van der Waals surface area (Å²) in [6.45, 7) is 4.02. The number of nitrogens with zero attached hydrogens (tertiary/aromatic N) is 8. The highest BCUT2D eigenvalue weighted by atomic mass is 16.1. The number of pyridine rings is 1. The van der Waals surface area contributed by atoms with E-state index in [1.54, 1.807) is 45.1 Å². The third kappa shape index (κ3) is 2.51. The Bertz CT molecular complexity index is 1500. The lowest BCUT2D eigenvalue weighted by Crippen LogP contribution is -2.21. The first-order chi connectivity index (χ1) is 14.4. The monoisotopic (exact) mass is 402 g/mol. The molecule has 30 heavy (non-hydrogen) atoms. The standard InChI is InChI=1S/C21H22N8O/c1-6-13-7-16-15(8-14(13)17-9-23-28(5)25-17)20-18(10-22-16)27(4)21(30)29(20)19-11-26(3)24-12(19)2/h7-11H,6H2,1-5H3. The average molecular weight is 402 g/mol. The van der Waals surface area contributed by atoms with E-state index in [9.17, 15) is 4.79 Å². The minimum absolute atomic E-state index is 0.129. The van der Waals surface area contributed by atoms with Crippen molar-refractivity contribution in [1.29, 1.82) is 0 Å². The molecule has 9 nitrogen and oxygen atoms in total. The molecular formula is C21H22N8O. The molecule has 5 aromatic rings. The molecule has 0 bridgehead atoms. The number of fused-ring (bicyclic) bond motifs is 3. The third-order valence-corrected chi connectivity index (χ3v) is 5.59. The number of benzene rings is 1. The summed E-state index contributed by atoms with van der Waals surface area (Å²) < 4.78 is 5.08. The Labute approximate surface area is 172 Å². The molecule has 0 saturated carbocycles. The summed E-state index contributed by atoms with van der Waals surface area (Å²) in [6, 6.07) is 4.16. The SMILES string of the molecule is CCc1cc2ncc3c(c2cc1-c1cnn(C)n1)n(-c1cn(C)nc1C)c(=O)n3C. The van der Waals surface area contributed by atoms with Crippen LogP contribution in [0, 0.1) is 6.92 Å². The topological polar surface area (TPSA) is 88.3 Å². The zero-order valence-electron chi connectivity index (χ0n) is 17.6. The Balaban J connectivity index is 1.94. The van der Waals surface area contributed by atoms with Crippen molar-refractivity contribution in [3.63, 3.8) is 0 Å².